The minimum atomic E-state index is 0.0314. The van der Waals surface area contributed by atoms with Crippen LogP contribution in [0.25, 0.3) is 0 Å². The third-order valence-electron chi connectivity index (χ3n) is 2.46. The molecule has 0 fully saturated rings. The number of hydrogen-bond donors (Lipinski definition) is 1. The monoisotopic (exact) mass is 205 g/mol. The number of carbonyl (C=O) groups is 1. The first-order valence-electron chi connectivity index (χ1n) is 5.02. The average molecular weight is 205 g/mol. The lowest BCUT2D eigenvalue weighted by Crippen LogP contribution is -2.44. The molecule has 0 atom stereocenters. The highest BCUT2D eigenvalue weighted by Crippen LogP contribution is 2.28. The van der Waals surface area contributed by atoms with Crippen molar-refractivity contribution >= 4 is 17.4 Å². The zero-order valence-corrected chi connectivity index (χ0v) is 9.03. The van der Waals surface area contributed by atoms with Crippen molar-refractivity contribution in [2.75, 3.05) is 37.4 Å². The van der Waals surface area contributed by atoms with E-state index >= 15 is 0 Å². The van der Waals surface area contributed by atoms with E-state index in [1.807, 2.05) is 24.3 Å². The molecule has 0 radical (unpaired) electrons. The molecule has 1 aliphatic heterocycles. The summed E-state index contributed by atoms with van der Waals surface area (Å²) < 4.78 is 0. The molecule has 0 saturated carbocycles. The second kappa shape index (κ2) is 3.81. The Morgan fingerprint density at radius 2 is 2.13 bits per heavy atom. The van der Waals surface area contributed by atoms with Crippen LogP contribution in [-0.4, -0.2) is 38.1 Å². The fourth-order valence-corrected chi connectivity index (χ4v) is 1.72. The molecule has 1 aromatic carbocycles. The van der Waals surface area contributed by atoms with Gasteiger partial charge in [-0.25, -0.2) is 4.79 Å². The molecule has 0 aliphatic carbocycles. The van der Waals surface area contributed by atoms with Gasteiger partial charge < -0.3 is 10.2 Å². The van der Waals surface area contributed by atoms with Gasteiger partial charge in [-0.15, -0.1) is 0 Å². The van der Waals surface area contributed by atoms with Crippen LogP contribution in [0.2, 0.25) is 0 Å². The molecule has 0 unspecified atom stereocenters. The highest BCUT2D eigenvalue weighted by atomic mass is 16.2. The molecule has 1 heterocycles. The van der Waals surface area contributed by atoms with E-state index in [4.69, 9.17) is 0 Å². The molecular weight excluding hydrogens is 190 g/mol. The predicted molar refractivity (Wildman–Crippen MR) is 61.4 cm³/mol. The number of benzene rings is 1. The number of rotatable bonds is 0. The van der Waals surface area contributed by atoms with Crippen molar-refractivity contribution in [1.29, 1.82) is 0 Å². The number of para-hydroxylation sites is 2. The highest BCUT2D eigenvalue weighted by Gasteiger charge is 2.22. The van der Waals surface area contributed by atoms with Gasteiger partial charge in [-0.3, -0.25) is 4.90 Å². The predicted octanol–water partition coefficient (Wildman–Crippen LogP) is 1.60. The third kappa shape index (κ3) is 1.75. The second-order valence-electron chi connectivity index (χ2n) is 3.77. The summed E-state index contributed by atoms with van der Waals surface area (Å²) in [5.41, 5.74) is 1.99. The first-order chi connectivity index (χ1) is 7.20. The summed E-state index contributed by atoms with van der Waals surface area (Å²) in [6.07, 6.45) is 0. The van der Waals surface area contributed by atoms with E-state index in [2.05, 4.69) is 5.32 Å². The number of fused-ring (bicyclic) bond motifs is 1. The zero-order chi connectivity index (χ0) is 10.8. The van der Waals surface area contributed by atoms with E-state index < -0.39 is 0 Å². The molecule has 2 amide bonds. The van der Waals surface area contributed by atoms with E-state index in [-0.39, 0.29) is 6.03 Å². The summed E-state index contributed by atoms with van der Waals surface area (Å²) in [6.45, 7) is 1.52. The Bertz CT molecular complexity index is 376. The van der Waals surface area contributed by atoms with Crippen molar-refractivity contribution in [3.05, 3.63) is 24.3 Å². The maximum atomic E-state index is 11.9. The van der Waals surface area contributed by atoms with Crippen molar-refractivity contribution in [3.63, 3.8) is 0 Å². The standard InChI is InChI=1S/C11H15N3O/c1-13(2)11(15)14-8-7-12-9-5-3-4-6-10(9)14/h3-6,12H,7-8H2,1-2H3. The fraction of sp³-hybridized carbons (Fsp3) is 0.364. The maximum Gasteiger partial charge on any atom is 0.324 e. The SMILES string of the molecule is CN(C)C(=O)N1CCNc2ccccc21. The van der Waals surface area contributed by atoms with E-state index in [0.717, 1.165) is 17.9 Å². The number of carbonyl (C=O) groups excluding carboxylic acids is 1. The average Bonchev–Trinajstić information content (AvgIpc) is 2.27. The van der Waals surface area contributed by atoms with Gasteiger partial charge >= 0.3 is 6.03 Å². The van der Waals surface area contributed by atoms with Crippen molar-refractivity contribution in [3.8, 4) is 0 Å². The molecule has 4 heteroatoms. The van der Waals surface area contributed by atoms with Gasteiger partial charge in [-0.05, 0) is 12.1 Å². The molecule has 0 bridgehead atoms. The Morgan fingerprint density at radius 3 is 2.87 bits per heavy atom. The van der Waals surface area contributed by atoms with E-state index in [9.17, 15) is 4.79 Å². The second-order valence-corrected chi connectivity index (χ2v) is 3.77. The number of amides is 2. The Morgan fingerprint density at radius 1 is 1.40 bits per heavy atom. The minimum absolute atomic E-state index is 0.0314. The van der Waals surface area contributed by atoms with Crippen LogP contribution in [0.4, 0.5) is 16.2 Å². The van der Waals surface area contributed by atoms with E-state index in [0.29, 0.717) is 6.54 Å². The summed E-state index contributed by atoms with van der Waals surface area (Å²) in [4.78, 5) is 15.3. The summed E-state index contributed by atoms with van der Waals surface area (Å²) in [5, 5.41) is 3.27. The lowest BCUT2D eigenvalue weighted by atomic mass is 10.2. The van der Waals surface area contributed by atoms with Crippen molar-refractivity contribution in [2.45, 2.75) is 0 Å². The molecule has 1 N–H and O–H groups in total. The molecule has 0 saturated heterocycles. The summed E-state index contributed by atoms with van der Waals surface area (Å²) in [6, 6.07) is 7.90. The molecule has 1 aliphatic rings. The summed E-state index contributed by atoms with van der Waals surface area (Å²) in [7, 11) is 3.54. The van der Waals surface area contributed by atoms with Gasteiger partial charge in [0.15, 0.2) is 0 Å². The fourth-order valence-electron chi connectivity index (χ4n) is 1.72. The Labute approximate surface area is 89.5 Å². The first-order valence-corrected chi connectivity index (χ1v) is 5.02. The molecule has 80 valence electrons. The van der Waals surface area contributed by atoms with Gasteiger partial charge in [-0.1, -0.05) is 12.1 Å². The topological polar surface area (TPSA) is 35.6 Å². The van der Waals surface area contributed by atoms with Crippen LogP contribution in [0.5, 0.6) is 0 Å². The van der Waals surface area contributed by atoms with Gasteiger partial charge in [0, 0.05) is 27.2 Å². The van der Waals surface area contributed by atoms with E-state index in [1.165, 1.54) is 0 Å². The summed E-state index contributed by atoms with van der Waals surface area (Å²) in [5.74, 6) is 0. The maximum absolute atomic E-state index is 11.9. The highest BCUT2D eigenvalue weighted by molar-refractivity contribution is 5.96. The van der Waals surface area contributed by atoms with E-state index in [1.54, 1.807) is 23.9 Å². The quantitative estimate of drug-likeness (QED) is 0.698. The first kappa shape index (κ1) is 9.83. The lowest BCUT2D eigenvalue weighted by molar-refractivity contribution is 0.224. The minimum Gasteiger partial charge on any atom is -0.382 e. The number of nitrogens with zero attached hydrogens (tertiary/aromatic N) is 2. The van der Waals surface area contributed by atoms with Crippen LogP contribution in [-0.2, 0) is 0 Å². The Balaban J connectivity index is 2.34. The van der Waals surface area contributed by atoms with Crippen LogP contribution >= 0.6 is 0 Å². The van der Waals surface area contributed by atoms with Crippen LogP contribution < -0.4 is 10.2 Å². The van der Waals surface area contributed by atoms with Gasteiger partial charge in [0.25, 0.3) is 0 Å². The Kier molecular flexibility index (Phi) is 2.49. The van der Waals surface area contributed by atoms with Crippen LogP contribution in [0.1, 0.15) is 0 Å². The zero-order valence-electron chi connectivity index (χ0n) is 9.03. The molecule has 15 heavy (non-hydrogen) atoms. The van der Waals surface area contributed by atoms with Crippen LogP contribution in [0.15, 0.2) is 24.3 Å². The molecular formula is C11H15N3O. The number of hydrogen-bond acceptors (Lipinski definition) is 2. The molecule has 0 spiro atoms. The summed E-state index contributed by atoms with van der Waals surface area (Å²) >= 11 is 0. The lowest BCUT2D eigenvalue weighted by Gasteiger charge is -2.32. The molecule has 2 rings (SSSR count). The molecule has 4 nitrogen and oxygen atoms in total. The normalized spacial score (nSPS) is 14.1. The van der Waals surface area contributed by atoms with Gasteiger partial charge in [0.1, 0.15) is 0 Å². The largest absolute Gasteiger partial charge is 0.382 e. The smallest absolute Gasteiger partial charge is 0.324 e. The number of urea groups is 1. The number of nitrogens with one attached hydrogen (secondary N) is 1. The molecule has 0 aromatic heterocycles. The van der Waals surface area contributed by atoms with Crippen molar-refractivity contribution in [2.24, 2.45) is 0 Å². The Hall–Kier alpha value is -1.71. The number of anilines is 2. The van der Waals surface area contributed by atoms with Gasteiger partial charge in [0.05, 0.1) is 11.4 Å². The van der Waals surface area contributed by atoms with Crippen molar-refractivity contribution in [1.82, 2.24) is 4.90 Å². The van der Waals surface area contributed by atoms with Crippen LogP contribution in [0, 0.1) is 0 Å². The third-order valence-corrected chi connectivity index (χ3v) is 2.46. The van der Waals surface area contributed by atoms with Crippen LogP contribution in [0.3, 0.4) is 0 Å². The van der Waals surface area contributed by atoms with Gasteiger partial charge in [0.2, 0.25) is 0 Å². The van der Waals surface area contributed by atoms with Gasteiger partial charge in [-0.2, -0.15) is 0 Å². The van der Waals surface area contributed by atoms with Crippen molar-refractivity contribution < 1.29 is 4.79 Å². The molecule has 1 aromatic rings.